The van der Waals surface area contributed by atoms with Gasteiger partial charge in [0.15, 0.2) is 6.10 Å². The Morgan fingerprint density at radius 2 is 1.78 bits per heavy atom. The molecule has 0 bridgehead atoms. The Morgan fingerprint density at radius 3 is 2.39 bits per heavy atom. The number of carbonyl (C=O) groups is 1. The summed E-state index contributed by atoms with van der Waals surface area (Å²) in [6, 6.07) is 0. The highest BCUT2D eigenvalue weighted by atomic mass is 17.1. The predicted octanol–water partition coefficient (Wildman–Crippen LogP) is 2.63. The molecule has 1 N–H and O–H groups in total. The largest absolute Gasteiger partial charge is 0.478 e. The second-order valence-electron chi connectivity index (χ2n) is 4.86. The standard InChI is InChI=1S/C14H18O4/c1-7-8(2)10(4)13-11(9(7)3)5-6-12(17-13)14(15)18-16/h12,16H,5-6H2,1-4H3. The molecule has 0 aliphatic carbocycles. The maximum absolute atomic E-state index is 11.3. The molecule has 4 heteroatoms. The van der Waals surface area contributed by atoms with E-state index < -0.39 is 12.1 Å². The Kier molecular flexibility index (Phi) is 3.30. The first-order chi connectivity index (χ1) is 8.47. The van der Waals surface area contributed by atoms with Crippen LogP contribution in [0.1, 0.15) is 34.2 Å². The van der Waals surface area contributed by atoms with Gasteiger partial charge in [-0.2, -0.15) is 5.26 Å². The van der Waals surface area contributed by atoms with E-state index in [0.29, 0.717) is 6.42 Å². The molecule has 0 saturated carbocycles. The minimum atomic E-state index is -0.726. The van der Waals surface area contributed by atoms with Gasteiger partial charge in [-0.05, 0) is 68.4 Å². The molecule has 2 rings (SSSR count). The lowest BCUT2D eigenvalue weighted by Crippen LogP contribution is -2.33. The topological polar surface area (TPSA) is 55.8 Å². The van der Waals surface area contributed by atoms with E-state index in [9.17, 15) is 4.79 Å². The third kappa shape index (κ3) is 1.86. The van der Waals surface area contributed by atoms with E-state index in [1.807, 2.05) is 6.92 Å². The molecule has 1 aliphatic heterocycles. The zero-order valence-corrected chi connectivity index (χ0v) is 11.2. The molecule has 0 spiro atoms. The maximum atomic E-state index is 11.3. The molecule has 4 nitrogen and oxygen atoms in total. The van der Waals surface area contributed by atoms with Crippen molar-refractivity contribution in [2.24, 2.45) is 0 Å². The Labute approximate surface area is 106 Å². The highest BCUT2D eigenvalue weighted by Crippen LogP contribution is 2.37. The molecule has 1 aromatic carbocycles. The molecule has 1 atom stereocenters. The van der Waals surface area contributed by atoms with Crippen LogP contribution in [-0.2, 0) is 16.1 Å². The molecular weight excluding hydrogens is 232 g/mol. The SMILES string of the molecule is Cc1c(C)c(C)c2c(c1C)CCC(C(=O)OO)O2. The molecule has 18 heavy (non-hydrogen) atoms. The van der Waals surface area contributed by atoms with Crippen molar-refractivity contribution in [2.75, 3.05) is 0 Å². The van der Waals surface area contributed by atoms with Gasteiger partial charge in [-0.15, -0.1) is 0 Å². The summed E-state index contributed by atoms with van der Waals surface area (Å²) in [5.74, 6) is 0.0492. The summed E-state index contributed by atoms with van der Waals surface area (Å²) in [4.78, 5) is 15.1. The van der Waals surface area contributed by atoms with Crippen LogP contribution in [0.25, 0.3) is 0 Å². The van der Waals surface area contributed by atoms with Gasteiger partial charge in [-0.1, -0.05) is 0 Å². The fourth-order valence-corrected chi connectivity index (χ4v) is 2.52. The van der Waals surface area contributed by atoms with E-state index in [1.165, 1.54) is 16.7 Å². The first-order valence-electron chi connectivity index (χ1n) is 6.08. The third-order valence-corrected chi connectivity index (χ3v) is 4.02. The smallest absolute Gasteiger partial charge is 0.382 e. The number of carbonyl (C=O) groups excluding carboxylic acids is 1. The van der Waals surface area contributed by atoms with Crippen molar-refractivity contribution in [3.05, 3.63) is 27.8 Å². The van der Waals surface area contributed by atoms with Crippen LogP contribution in [0.2, 0.25) is 0 Å². The number of rotatable bonds is 1. The fourth-order valence-electron chi connectivity index (χ4n) is 2.52. The van der Waals surface area contributed by atoms with Crippen LogP contribution < -0.4 is 4.74 Å². The summed E-state index contributed by atoms with van der Waals surface area (Å²) >= 11 is 0. The Morgan fingerprint density at radius 1 is 1.17 bits per heavy atom. The molecule has 0 aromatic heterocycles. The van der Waals surface area contributed by atoms with Crippen LogP contribution in [0, 0.1) is 27.7 Å². The van der Waals surface area contributed by atoms with Gasteiger partial charge in [0.05, 0.1) is 0 Å². The van der Waals surface area contributed by atoms with Crippen molar-refractivity contribution in [1.29, 1.82) is 0 Å². The first-order valence-corrected chi connectivity index (χ1v) is 6.08. The highest BCUT2D eigenvalue weighted by molar-refractivity contribution is 5.75. The normalized spacial score (nSPS) is 17.9. The summed E-state index contributed by atoms with van der Waals surface area (Å²) in [6.45, 7) is 8.23. The minimum Gasteiger partial charge on any atom is -0.478 e. The predicted molar refractivity (Wildman–Crippen MR) is 66.8 cm³/mol. The van der Waals surface area contributed by atoms with Crippen molar-refractivity contribution in [3.63, 3.8) is 0 Å². The molecule has 1 unspecified atom stereocenters. The zero-order valence-electron chi connectivity index (χ0n) is 11.2. The van der Waals surface area contributed by atoms with Gasteiger partial charge >= 0.3 is 5.97 Å². The molecule has 1 aliphatic rings. The van der Waals surface area contributed by atoms with Gasteiger partial charge < -0.3 is 4.74 Å². The molecule has 0 saturated heterocycles. The molecule has 0 radical (unpaired) electrons. The van der Waals surface area contributed by atoms with E-state index in [0.717, 1.165) is 23.3 Å². The van der Waals surface area contributed by atoms with Crippen LogP contribution in [0.4, 0.5) is 0 Å². The van der Waals surface area contributed by atoms with Crippen LogP contribution in [0.3, 0.4) is 0 Å². The number of benzene rings is 1. The summed E-state index contributed by atoms with van der Waals surface area (Å²) in [5.41, 5.74) is 5.91. The van der Waals surface area contributed by atoms with Crippen LogP contribution in [0.5, 0.6) is 5.75 Å². The van der Waals surface area contributed by atoms with Gasteiger partial charge in [0.25, 0.3) is 0 Å². The first kappa shape index (κ1) is 12.9. The summed E-state index contributed by atoms with van der Waals surface area (Å²) < 4.78 is 5.70. The minimum absolute atomic E-state index is 0.537. The zero-order chi connectivity index (χ0) is 13.4. The Hall–Kier alpha value is -1.55. The molecule has 1 aromatic rings. The summed E-state index contributed by atoms with van der Waals surface area (Å²) in [6.07, 6.45) is 0.598. The average molecular weight is 250 g/mol. The Bertz CT molecular complexity index is 505. The summed E-state index contributed by atoms with van der Waals surface area (Å²) in [5, 5.41) is 8.43. The molecule has 0 fully saturated rings. The lowest BCUT2D eigenvalue weighted by atomic mass is 9.89. The third-order valence-electron chi connectivity index (χ3n) is 4.02. The quantitative estimate of drug-likeness (QED) is 0.615. The van der Waals surface area contributed by atoms with Gasteiger partial charge in [0, 0.05) is 0 Å². The van der Waals surface area contributed by atoms with Crippen molar-refractivity contribution < 1.29 is 19.7 Å². The maximum Gasteiger partial charge on any atom is 0.382 e. The van der Waals surface area contributed by atoms with Gasteiger partial charge in [-0.3, -0.25) is 4.89 Å². The molecular formula is C14H18O4. The van der Waals surface area contributed by atoms with Gasteiger partial charge in [0.1, 0.15) is 5.75 Å². The number of ether oxygens (including phenoxy) is 1. The number of hydrogen-bond donors (Lipinski definition) is 1. The van der Waals surface area contributed by atoms with Gasteiger partial charge in [-0.25, -0.2) is 4.79 Å². The van der Waals surface area contributed by atoms with Crippen LogP contribution in [-0.4, -0.2) is 17.3 Å². The second-order valence-corrected chi connectivity index (χ2v) is 4.86. The van der Waals surface area contributed by atoms with Crippen molar-refractivity contribution in [2.45, 2.75) is 46.6 Å². The average Bonchev–Trinajstić information content (AvgIpc) is 2.41. The fraction of sp³-hybridized carbons (Fsp3) is 0.500. The molecule has 1 heterocycles. The van der Waals surface area contributed by atoms with E-state index in [-0.39, 0.29) is 0 Å². The molecule has 0 amide bonds. The summed E-state index contributed by atoms with van der Waals surface area (Å²) in [7, 11) is 0. The van der Waals surface area contributed by atoms with E-state index in [4.69, 9.17) is 9.99 Å². The van der Waals surface area contributed by atoms with E-state index in [2.05, 4.69) is 25.7 Å². The number of fused-ring (bicyclic) bond motifs is 1. The van der Waals surface area contributed by atoms with E-state index >= 15 is 0 Å². The lowest BCUT2D eigenvalue weighted by molar-refractivity contribution is -0.241. The number of hydrogen-bond acceptors (Lipinski definition) is 4. The lowest BCUT2D eigenvalue weighted by Gasteiger charge is -2.28. The molecule has 98 valence electrons. The van der Waals surface area contributed by atoms with Crippen molar-refractivity contribution in [3.8, 4) is 5.75 Å². The monoisotopic (exact) mass is 250 g/mol. The highest BCUT2D eigenvalue weighted by Gasteiger charge is 2.30. The Balaban J connectivity index is 2.47. The van der Waals surface area contributed by atoms with Crippen molar-refractivity contribution >= 4 is 5.97 Å². The van der Waals surface area contributed by atoms with E-state index in [1.54, 1.807) is 0 Å². The van der Waals surface area contributed by atoms with Crippen molar-refractivity contribution in [1.82, 2.24) is 0 Å². The van der Waals surface area contributed by atoms with Crippen LogP contribution in [0.15, 0.2) is 0 Å². The second kappa shape index (κ2) is 4.61. The van der Waals surface area contributed by atoms with Crippen LogP contribution >= 0.6 is 0 Å². The van der Waals surface area contributed by atoms with Gasteiger partial charge in [0.2, 0.25) is 0 Å².